The Morgan fingerprint density at radius 2 is 1.93 bits per heavy atom. The summed E-state index contributed by atoms with van der Waals surface area (Å²) in [5.41, 5.74) is 1.09. The maximum Gasteiger partial charge on any atom is 0.306 e. The summed E-state index contributed by atoms with van der Waals surface area (Å²) in [6.45, 7) is 2.38. The predicted octanol–water partition coefficient (Wildman–Crippen LogP) is 3.45. The highest BCUT2D eigenvalue weighted by Crippen LogP contribution is 2.12. The van der Waals surface area contributed by atoms with Gasteiger partial charge in [-0.1, -0.05) is 49.4 Å². The zero-order valence-electron chi connectivity index (χ0n) is 17.9. The van der Waals surface area contributed by atoms with Crippen molar-refractivity contribution in [3.8, 4) is 0 Å². The fourth-order valence-electron chi connectivity index (χ4n) is 3.40. The Bertz CT molecular complexity index is 702. The standard InChI is InChI=1S/C24H34N2O4/c1-2-3-4-5-6-10-13-22(27)26-21-16-15-20(18-25-24(21)29)30-23(28)17-14-19-11-8-7-9-12-19/h3-4,7-9,11-12,20-21H,2,5-6,10,13-18H2,1H3,(H,25,29)(H,26,27)/b4-3+. The average Bonchev–Trinajstić information content (AvgIpc) is 2.92. The van der Waals surface area contributed by atoms with Crippen molar-refractivity contribution >= 4 is 17.8 Å². The van der Waals surface area contributed by atoms with Crippen molar-refractivity contribution < 1.29 is 19.1 Å². The lowest BCUT2D eigenvalue weighted by molar-refractivity contribution is -0.149. The highest BCUT2D eigenvalue weighted by atomic mass is 16.5. The Morgan fingerprint density at radius 1 is 1.13 bits per heavy atom. The van der Waals surface area contributed by atoms with Crippen molar-refractivity contribution in [2.24, 2.45) is 0 Å². The van der Waals surface area contributed by atoms with Crippen LogP contribution in [0.1, 0.15) is 63.9 Å². The number of ether oxygens (including phenoxy) is 1. The smallest absolute Gasteiger partial charge is 0.306 e. The van der Waals surface area contributed by atoms with E-state index in [0.717, 1.165) is 31.2 Å². The van der Waals surface area contributed by atoms with Gasteiger partial charge < -0.3 is 15.4 Å². The summed E-state index contributed by atoms with van der Waals surface area (Å²) in [5.74, 6) is -0.581. The molecule has 164 valence electrons. The Hall–Kier alpha value is -2.63. The molecule has 0 spiro atoms. The first-order valence-electron chi connectivity index (χ1n) is 11.0. The third-order valence-corrected chi connectivity index (χ3v) is 5.12. The first-order valence-corrected chi connectivity index (χ1v) is 11.0. The average molecular weight is 415 g/mol. The molecule has 2 amide bonds. The minimum absolute atomic E-state index is 0.104. The van der Waals surface area contributed by atoms with Crippen LogP contribution in [-0.2, 0) is 25.5 Å². The number of nitrogens with one attached hydrogen (secondary N) is 2. The van der Waals surface area contributed by atoms with E-state index in [4.69, 9.17) is 4.74 Å². The SMILES string of the molecule is CC/C=C/CCCCC(=O)NC1CCC(OC(=O)CCc2ccccc2)CNC1=O. The number of esters is 1. The van der Waals surface area contributed by atoms with Gasteiger partial charge in [-0.2, -0.15) is 0 Å². The Labute approximate surface area is 179 Å². The fraction of sp³-hybridized carbons (Fsp3) is 0.542. The van der Waals surface area contributed by atoms with Gasteiger partial charge in [-0.15, -0.1) is 0 Å². The Balaban J connectivity index is 1.67. The van der Waals surface area contributed by atoms with Crippen LogP contribution in [-0.4, -0.2) is 36.5 Å². The molecule has 1 heterocycles. The highest BCUT2D eigenvalue weighted by molar-refractivity contribution is 5.87. The van der Waals surface area contributed by atoms with Crippen LogP contribution in [0.25, 0.3) is 0 Å². The number of hydrogen-bond donors (Lipinski definition) is 2. The van der Waals surface area contributed by atoms with E-state index in [1.165, 1.54) is 0 Å². The number of benzene rings is 1. The summed E-state index contributed by atoms with van der Waals surface area (Å²) in [5, 5.41) is 5.60. The van der Waals surface area contributed by atoms with Crippen molar-refractivity contribution in [2.45, 2.75) is 76.9 Å². The van der Waals surface area contributed by atoms with E-state index >= 15 is 0 Å². The molecule has 6 nitrogen and oxygen atoms in total. The van der Waals surface area contributed by atoms with Crippen LogP contribution in [0.3, 0.4) is 0 Å². The maximum absolute atomic E-state index is 12.3. The summed E-state index contributed by atoms with van der Waals surface area (Å²) >= 11 is 0. The number of aryl methyl sites for hydroxylation is 1. The molecule has 2 rings (SSSR count). The largest absolute Gasteiger partial charge is 0.460 e. The van der Waals surface area contributed by atoms with Crippen LogP contribution in [0, 0.1) is 0 Å². The van der Waals surface area contributed by atoms with Gasteiger partial charge in [0.2, 0.25) is 11.8 Å². The van der Waals surface area contributed by atoms with E-state index in [2.05, 4.69) is 29.7 Å². The van der Waals surface area contributed by atoms with E-state index in [-0.39, 0.29) is 30.4 Å². The molecule has 1 aromatic rings. The van der Waals surface area contributed by atoms with Crippen molar-refractivity contribution in [3.63, 3.8) is 0 Å². The fourth-order valence-corrected chi connectivity index (χ4v) is 3.40. The van der Waals surface area contributed by atoms with E-state index in [1.54, 1.807) is 0 Å². The van der Waals surface area contributed by atoms with Gasteiger partial charge in [-0.3, -0.25) is 14.4 Å². The lowest BCUT2D eigenvalue weighted by atomic mass is 10.1. The van der Waals surface area contributed by atoms with Gasteiger partial charge in [-0.25, -0.2) is 0 Å². The molecule has 1 aliphatic heterocycles. The number of hydrogen-bond acceptors (Lipinski definition) is 4. The summed E-state index contributed by atoms with van der Waals surface area (Å²) in [4.78, 5) is 36.5. The quantitative estimate of drug-likeness (QED) is 0.330. The molecule has 2 atom stereocenters. The molecule has 0 radical (unpaired) electrons. The van der Waals surface area contributed by atoms with Gasteiger partial charge in [0.05, 0.1) is 6.54 Å². The molecule has 1 fully saturated rings. The van der Waals surface area contributed by atoms with E-state index in [0.29, 0.717) is 32.1 Å². The molecule has 2 unspecified atom stereocenters. The van der Waals surface area contributed by atoms with Gasteiger partial charge in [0.25, 0.3) is 0 Å². The molecule has 0 bridgehead atoms. The number of carbonyl (C=O) groups excluding carboxylic acids is 3. The van der Waals surface area contributed by atoms with Gasteiger partial charge in [0.15, 0.2) is 0 Å². The molecular weight excluding hydrogens is 380 g/mol. The van der Waals surface area contributed by atoms with Crippen LogP contribution in [0.5, 0.6) is 0 Å². The van der Waals surface area contributed by atoms with Crippen molar-refractivity contribution in [1.29, 1.82) is 0 Å². The first-order chi connectivity index (χ1) is 14.6. The summed E-state index contributed by atoms with van der Waals surface area (Å²) < 4.78 is 5.53. The first kappa shape index (κ1) is 23.6. The maximum atomic E-state index is 12.3. The second kappa shape index (κ2) is 13.6. The van der Waals surface area contributed by atoms with E-state index < -0.39 is 6.04 Å². The topological polar surface area (TPSA) is 84.5 Å². The van der Waals surface area contributed by atoms with E-state index in [1.807, 2.05) is 30.3 Å². The second-order valence-corrected chi connectivity index (χ2v) is 7.67. The van der Waals surface area contributed by atoms with Gasteiger partial charge in [-0.05, 0) is 50.5 Å². The van der Waals surface area contributed by atoms with Crippen LogP contribution >= 0.6 is 0 Å². The molecule has 0 aliphatic carbocycles. The highest BCUT2D eigenvalue weighted by Gasteiger charge is 2.27. The minimum atomic E-state index is -0.564. The van der Waals surface area contributed by atoms with Crippen LogP contribution in [0.4, 0.5) is 0 Å². The van der Waals surface area contributed by atoms with Crippen LogP contribution in [0.15, 0.2) is 42.5 Å². The zero-order valence-corrected chi connectivity index (χ0v) is 17.9. The lowest BCUT2D eigenvalue weighted by Crippen LogP contribution is -2.45. The minimum Gasteiger partial charge on any atom is -0.460 e. The number of unbranched alkanes of at least 4 members (excludes halogenated alkanes) is 2. The zero-order chi connectivity index (χ0) is 21.6. The van der Waals surface area contributed by atoms with E-state index in [9.17, 15) is 14.4 Å². The van der Waals surface area contributed by atoms with Crippen molar-refractivity contribution in [2.75, 3.05) is 6.54 Å². The normalized spacial score (nSPS) is 19.2. The number of carbonyl (C=O) groups is 3. The van der Waals surface area contributed by atoms with Crippen molar-refractivity contribution in [3.05, 3.63) is 48.0 Å². The predicted molar refractivity (Wildman–Crippen MR) is 117 cm³/mol. The number of allylic oxidation sites excluding steroid dienone is 2. The van der Waals surface area contributed by atoms with Crippen LogP contribution in [0.2, 0.25) is 0 Å². The molecule has 1 aromatic carbocycles. The molecule has 1 aliphatic rings. The third-order valence-electron chi connectivity index (χ3n) is 5.12. The summed E-state index contributed by atoms with van der Waals surface area (Å²) in [7, 11) is 0. The summed E-state index contributed by atoms with van der Waals surface area (Å²) in [6, 6.07) is 9.23. The second-order valence-electron chi connectivity index (χ2n) is 7.67. The molecule has 2 N–H and O–H groups in total. The molecule has 0 saturated carbocycles. The van der Waals surface area contributed by atoms with Gasteiger partial charge in [0, 0.05) is 12.8 Å². The molecule has 30 heavy (non-hydrogen) atoms. The molecule has 0 aromatic heterocycles. The monoisotopic (exact) mass is 414 g/mol. The van der Waals surface area contributed by atoms with Crippen molar-refractivity contribution in [1.82, 2.24) is 10.6 Å². The van der Waals surface area contributed by atoms with Gasteiger partial charge in [0.1, 0.15) is 12.1 Å². The molecule has 1 saturated heterocycles. The lowest BCUT2D eigenvalue weighted by Gasteiger charge is -2.15. The Morgan fingerprint density at radius 3 is 2.70 bits per heavy atom. The molecule has 6 heteroatoms. The number of rotatable bonds is 11. The van der Waals surface area contributed by atoms with Gasteiger partial charge >= 0.3 is 5.97 Å². The number of amides is 2. The van der Waals surface area contributed by atoms with Crippen LogP contribution < -0.4 is 10.6 Å². The summed E-state index contributed by atoms with van der Waals surface area (Å²) in [6.07, 6.45) is 10.0. The third kappa shape index (κ3) is 9.25. The molecular formula is C24H34N2O4. The Kier molecular flexibility index (Phi) is 10.7.